The summed E-state index contributed by atoms with van der Waals surface area (Å²) in [7, 11) is 0. The molecule has 0 bridgehead atoms. The number of morpholine rings is 1. The fourth-order valence-corrected chi connectivity index (χ4v) is 4.15. The summed E-state index contributed by atoms with van der Waals surface area (Å²) in [6.07, 6.45) is 0.920. The summed E-state index contributed by atoms with van der Waals surface area (Å²) in [5, 5.41) is 6.97. The quantitative estimate of drug-likeness (QED) is 0.551. The zero-order valence-electron chi connectivity index (χ0n) is 19.4. The number of aryl methyl sites for hydroxylation is 2. The van der Waals surface area contributed by atoms with Crippen LogP contribution < -0.4 is 10.6 Å². The highest BCUT2D eigenvalue weighted by Crippen LogP contribution is 2.25. The topological polar surface area (TPSA) is 75.6 Å². The van der Waals surface area contributed by atoms with Crippen LogP contribution in [0.1, 0.15) is 39.8 Å². The Morgan fingerprint density at radius 1 is 0.970 bits per heavy atom. The number of aromatic nitrogens is 1. The van der Waals surface area contributed by atoms with Gasteiger partial charge in [-0.15, -0.1) is 0 Å². The Hall–Kier alpha value is -3.16. The maximum atomic E-state index is 13.0. The van der Waals surface area contributed by atoms with E-state index in [9.17, 15) is 9.59 Å². The summed E-state index contributed by atoms with van der Waals surface area (Å²) in [6.45, 7) is 9.58. The van der Waals surface area contributed by atoms with Crippen molar-refractivity contribution in [3.05, 3.63) is 65.4 Å². The van der Waals surface area contributed by atoms with Crippen LogP contribution in [0.5, 0.6) is 0 Å². The number of benzene rings is 2. The maximum absolute atomic E-state index is 13.0. The first-order valence-electron chi connectivity index (χ1n) is 11.6. The fourth-order valence-electron chi connectivity index (χ4n) is 4.15. The van der Waals surface area contributed by atoms with Gasteiger partial charge in [0.05, 0.1) is 13.2 Å². The van der Waals surface area contributed by atoms with E-state index in [1.54, 1.807) is 0 Å². The van der Waals surface area contributed by atoms with Crippen LogP contribution >= 0.6 is 0 Å². The van der Waals surface area contributed by atoms with Crippen LogP contribution in [0.4, 0.5) is 5.69 Å². The minimum atomic E-state index is -0.150. The number of carbonyl (C=O) groups is 2. The first-order valence-corrected chi connectivity index (χ1v) is 11.6. The minimum Gasteiger partial charge on any atom is -0.379 e. The zero-order valence-corrected chi connectivity index (χ0v) is 19.4. The van der Waals surface area contributed by atoms with Crippen molar-refractivity contribution in [2.45, 2.75) is 26.8 Å². The number of carbonyl (C=O) groups excluding carboxylic acids is 2. The van der Waals surface area contributed by atoms with Crippen LogP contribution in [0, 0.1) is 6.92 Å². The van der Waals surface area contributed by atoms with E-state index in [1.807, 2.05) is 55.5 Å². The van der Waals surface area contributed by atoms with Gasteiger partial charge in [-0.2, -0.15) is 0 Å². The van der Waals surface area contributed by atoms with E-state index in [0.29, 0.717) is 23.5 Å². The molecule has 7 nitrogen and oxygen atoms in total. The van der Waals surface area contributed by atoms with Crippen molar-refractivity contribution in [1.82, 2.24) is 14.8 Å². The molecule has 174 valence electrons. The molecule has 0 unspecified atom stereocenters. The molecule has 2 aromatic carbocycles. The third-order valence-corrected chi connectivity index (χ3v) is 5.97. The second kappa shape index (κ2) is 10.6. The van der Waals surface area contributed by atoms with Crippen molar-refractivity contribution in [3.63, 3.8) is 0 Å². The second-order valence-electron chi connectivity index (χ2n) is 8.48. The molecular weight excluding hydrogens is 416 g/mol. The average Bonchev–Trinajstić information content (AvgIpc) is 3.18. The van der Waals surface area contributed by atoms with Gasteiger partial charge < -0.3 is 19.9 Å². The summed E-state index contributed by atoms with van der Waals surface area (Å²) >= 11 is 0. The van der Waals surface area contributed by atoms with Gasteiger partial charge in [0.1, 0.15) is 5.69 Å². The SMILES string of the molecule is CCCn1c(C(=O)NCCN2CCOCC2)cc2cc(NC(=O)c3ccc(C)cc3)ccc21. The molecule has 0 spiro atoms. The lowest BCUT2D eigenvalue weighted by atomic mass is 10.1. The molecule has 33 heavy (non-hydrogen) atoms. The first-order chi connectivity index (χ1) is 16.0. The third-order valence-electron chi connectivity index (χ3n) is 5.97. The highest BCUT2D eigenvalue weighted by atomic mass is 16.5. The molecule has 7 heteroatoms. The maximum Gasteiger partial charge on any atom is 0.267 e. The van der Waals surface area contributed by atoms with E-state index in [-0.39, 0.29) is 11.8 Å². The number of nitrogens with one attached hydrogen (secondary N) is 2. The van der Waals surface area contributed by atoms with Crippen LogP contribution in [0.25, 0.3) is 10.9 Å². The molecule has 3 aromatic rings. The van der Waals surface area contributed by atoms with Crippen LogP contribution in [-0.2, 0) is 11.3 Å². The van der Waals surface area contributed by atoms with E-state index >= 15 is 0 Å². The fraction of sp³-hybridized carbons (Fsp3) is 0.385. The number of rotatable bonds is 8. The summed E-state index contributed by atoms with van der Waals surface area (Å²) in [4.78, 5) is 27.9. The summed E-state index contributed by atoms with van der Waals surface area (Å²) in [5.41, 5.74) is 4.07. The number of hydrogen-bond acceptors (Lipinski definition) is 4. The van der Waals surface area contributed by atoms with Gasteiger partial charge in [0.25, 0.3) is 11.8 Å². The molecular formula is C26H32N4O3. The van der Waals surface area contributed by atoms with Gasteiger partial charge in [0, 0.05) is 54.9 Å². The van der Waals surface area contributed by atoms with Crippen LogP contribution in [0.3, 0.4) is 0 Å². The normalized spacial score (nSPS) is 14.4. The summed E-state index contributed by atoms with van der Waals surface area (Å²) in [5.74, 6) is -0.221. The number of hydrogen-bond donors (Lipinski definition) is 2. The van der Waals surface area contributed by atoms with Gasteiger partial charge in [-0.3, -0.25) is 14.5 Å². The Balaban J connectivity index is 1.48. The Morgan fingerprint density at radius 2 is 1.73 bits per heavy atom. The lowest BCUT2D eigenvalue weighted by Crippen LogP contribution is -2.41. The number of fused-ring (bicyclic) bond motifs is 1. The predicted octanol–water partition coefficient (Wildman–Crippen LogP) is 3.67. The van der Waals surface area contributed by atoms with Gasteiger partial charge in [0.15, 0.2) is 0 Å². The molecule has 4 rings (SSSR count). The van der Waals surface area contributed by atoms with Crippen LogP contribution in [-0.4, -0.2) is 60.7 Å². The Bertz CT molecular complexity index is 1110. The molecule has 2 amide bonds. The van der Waals surface area contributed by atoms with E-state index in [4.69, 9.17) is 4.74 Å². The zero-order chi connectivity index (χ0) is 23.2. The second-order valence-corrected chi connectivity index (χ2v) is 8.48. The van der Waals surface area contributed by atoms with Gasteiger partial charge in [-0.1, -0.05) is 24.6 Å². The Kier molecular flexibility index (Phi) is 7.42. The van der Waals surface area contributed by atoms with E-state index in [2.05, 4.69) is 27.0 Å². The van der Waals surface area contributed by atoms with Gasteiger partial charge in [-0.25, -0.2) is 0 Å². The Morgan fingerprint density at radius 3 is 2.45 bits per heavy atom. The number of amides is 2. The smallest absolute Gasteiger partial charge is 0.267 e. The van der Waals surface area contributed by atoms with Crippen molar-refractivity contribution in [3.8, 4) is 0 Å². The molecule has 0 atom stereocenters. The Labute approximate surface area is 194 Å². The molecule has 1 aromatic heterocycles. The number of nitrogens with zero attached hydrogens (tertiary/aromatic N) is 2. The van der Waals surface area contributed by atoms with Crippen molar-refractivity contribution in [2.75, 3.05) is 44.7 Å². The molecule has 1 aliphatic heterocycles. The first kappa shape index (κ1) is 23.0. The van der Waals surface area contributed by atoms with Gasteiger partial charge in [-0.05, 0) is 49.7 Å². The third kappa shape index (κ3) is 5.61. The minimum absolute atomic E-state index is 0.0712. The molecule has 2 heterocycles. The standard InChI is InChI=1S/C26H32N4O3/c1-3-11-30-23-9-8-22(28-25(31)20-6-4-19(2)5-7-20)17-21(23)18-24(30)26(32)27-10-12-29-13-15-33-16-14-29/h4-9,17-18H,3,10-16H2,1-2H3,(H,27,32)(H,28,31). The molecule has 1 aliphatic rings. The van der Waals surface area contributed by atoms with Crippen molar-refractivity contribution in [1.29, 1.82) is 0 Å². The molecule has 1 saturated heterocycles. The van der Waals surface area contributed by atoms with Gasteiger partial charge in [0.2, 0.25) is 0 Å². The largest absolute Gasteiger partial charge is 0.379 e. The van der Waals surface area contributed by atoms with Gasteiger partial charge >= 0.3 is 0 Å². The van der Waals surface area contributed by atoms with E-state index in [0.717, 1.165) is 62.3 Å². The van der Waals surface area contributed by atoms with Crippen molar-refractivity contribution >= 4 is 28.4 Å². The molecule has 1 fully saturated rings. The van der Waals surface area contributed by atoms with E-state index in [1.165, 1.54) is 0 Å². The summed E-state index contributed by atoms with van der Waals surface area (Å²) in [6, 6.07) is 15.2. The lowest BCUT2D eigenvalue weighted by Gasteiger charge is -2.26. The molecule has 0 aliphatic carbocycles. The predicted molar refractivity (Wildman–Crippen MR) is 131 cm³/mol. The van der Waals surface area contributed by atoms with Crippen LogP contribution in [0.2, 0.25) is 0 Å². The van der Waals surface area contributed by atoms with Crippen molar-refractivity contribution < 1.29 is 14.3 Å². The number of anilines is 1. The molecule has 0 radical (unpaired) electrons. The lowest BCUT2D eigenvalue weighted by molar-refractivity contribution is 0.0383. The van der Waals surface area contributed by atoms with E-state index < -0.39 is 0 Å². The highest BCUT2D eigenvalue weighted by Gasteiger charge is 2.17. The number of ether oxygens (including phenoxy) is 1. The monoisotopic (exact) mass is 448 g/mol. The highest BCUT2D eigenvalue weighted by molar-refractivity contribution is 6.06. The van der Waals surface area contributed by atoms with Crippen molar-refractivity contribution in [2.24, 2.45) is 0 Å². The summed E-state index contributed by atoms with van der Waals surface area (Å²) < 4.78 is 7.44. The van der Waals surface area contributed by atoms with Crippen LogP contribution in [0.15, 0.2) is 48.5 Å². The molecule has 0 saturated carbocycles. The average molecular weight is 449 g/mol. The molecule has 2 N–H and O–H groups in total.